The molecule has 9 radical (unpaired) electrons. The molecule has 0 unspecified atom stereocenters. The van der Waals surface area contributed by atoms with Crippen LogP contribution in [0.3, 0.4) is 0 Å². The molecular weight excluding hydrogens is 644 g/mol. The Hall–Kier alpha value is 5.27. The van der Waals surface area contributed by atoms with Crippen LogP contribution in [0.5, 0.6) is 0 Å². The van der Waals surface area contributed by atoms with Crippen LogP contribution in [0.4, 0.5) is 0 Å². The zero-order valence-corrected chi connectivity index (χ0v) is 19.0. The van der Waals surface area contributed by atoms with E-state index in [0.717, 1.165) is 0 Å². The summed E-state index contributed by atoms with van der Waals surface area (Å²) in [6.07, 6.45) is 0. The summed E-state index contributed by atoms with van der Waals surface area (Å²) in [6, 6.07) is 0. The van der Waals surface area contributed by atoms with Crippen LogP contribution >= 0.6 is 0 Å². The second-order valence-electron chi connectivity index (χ2n) is 0. The van der Waals surface area contributed by atoms with Crippen molar-refractivity contribution in [3.63, 3.8) is 0 Å². The Morgan fingerprint density at radius 1 is 0.833 bits per heavy atom. The van der Waals surface area contributed by atoms with Gasteiger partial charge in [0.1, 0.15) is 0 Å². The summed E-state index contributed by atoms with van der Waals surface area (Å²) in [5, 5.41) is 0. The average molecular weight is 646 g/mol. The molecular formula is H2La2MnOPbSr. The largest absolute Gasteiger partial charge is 0.412 e. The normalized spacial score (nSPS) is 0. The van der Waals surface area contributed by atoms with Gasteiger partial charge in [0.2, 0.25) is 0 Å². The topological polar surface area (TPSA) is 31.5 Å². The van der Waals surface area contributed by atoms with Crippen molar-refractivity contribution in [1.82, 2.24) is 0 Å². The first-order chi connectivity index (χ1) is 0. The van der Waals surface area contributed by atoms with E-state index in [1.165, 1.54) is 0 Å². The van der Waals surface area contributed by atoms with Crippen LogP contribution in [0.2, 0.25) is 0 Å². The molecule has 0 amide bonds. The Balaban J connectivity index is 0. The first-order valence-corrected chi connectivity index (χ1v) is 0. The summed E-state index contributed by atoms with van der Waals surface area (Å²) in [6.45, 7) is 0. The maximum absolute atomic E-state index is 0. The van der Waals surface area contributed by atoms with E-state index in [4.69, 9.17) is 0 Å². The van der Waals surface area contributed by atoms with Gasteiger partial charge in [-0.25, -0.2) is 0 Å². The third kappa shape index (κ3) is 22.8. The van der Waals surface area contributed by atoms with Crippen molar-refractivity contribution in [2.45, 2.75) is 0 Å². The average Bonchev–Trinajstić information content (AvgIpc) is 0. The first kappa shape index (κ1) is 42.8. The van der Waals surface area contributed by atoms with E-state index in [9.17, 15) is 0 Å². The fourth-order valence-corrected chi connectivity index (χ4v) is 0. The fourth-order valence-electron chi connectivity index (χ4n) is 0. The number of hydrogen-bond donors (Lipinski definition) is 0. The van der Waals surface area contributed by atoms with Crippen LogP contribution in [0.1, 0.15) is 0 Å². The van der Waals surface area contributed by atoms with E-state index in [2.05, 4.69) is 0 Å². The molecule has 0 atom stereocenters. The summed E-state index contributed by atoms with van der Waals surface area (Å²) >= 11 is 0. The maximum Gasteiger partial charge on any atom is 0 e. The summed E-state index contributed by atoms with van der Waals surface area (Å²) in [4.78, 5) is 0. The molecule has 0 spiro atoms. The summed E-state index contributed by atoms with van der Waals surface area (Å²) in [7, 11) is 0. The molecule has 1 nitrogen and oxygen atoms in total. The predicted octanol–water partition coefficient (Wildman–Crippen LogP) is -1.59. The summed E-state index contributed by atoms with van der Waals surface area (Å²) in [5.41, 5.74) is 0. The van der Waals surface area contributed by atoms with Crippen LogP contribution in [0.15, 0.2) is 0 Å². The minimum atomic E-state index is 0. The minimum Gasteiger partial charge on any atom is -0.412 e. The SMILES string of the molecule is O.[La].[La].[Mn].[Pb].[Sr]. The molecule has 0 heterocycles. The van der Waals surface area contributed by atoms with Crippen molar-refractivity contribution in [2.75, 3.05) is 0 Å². The van der Waals surface area contributed by atoms with Crippen LogP contribution in [-0.2, 0) is 17.1 Å². The molecule has 27 valence electrons. The van der Waals surface area contributed by atoms with Crippen LogP contribution < -0.4 is 0 Å². The van der Waals surface area contributed by atoms with Gasteiger partial charge in [-0.2, -0.15) is 0 Å². The van der Waals surface area contributed by atoms with Crippen LogP contribution in [0.25, 0.3) is 0 Å². The van der Waals surface area contributed by atoms with E-state index >= 15 is 0 Å². The van der Waals surface area contributed by atoms with Crippen molar-refractivity contribution in [1.29, 1.82) is 0 Å². The third-order valence-corrected chi connectivity index (χ3v) is 0. The summed E-state index contributed by atoms with van der Waals surface area (Å²) in [5.74, 6) is 0. The van der Waals surface area contributed by atoms with Gasteiger partial charge in [-0.3, -0.25) is 0 Å². The molecule has 0 aromatic heterocycles. The molecule has 6 heavy (non-hydrogen) atoms. The molecule has 0 aromatic carbocycles. The molecule has 2 N–H and O–H groups in total. The molecule has 0 rings (SSSR count). The van der Waals surface area contributed by atoms with Gasteiger partial charge in [0.25, 0.3) is 0 Å². The smallest absolute Gasteiger partial charge is 0 e. The van der Waals surface area contributed by atoms with Gasteiger partial charge in [0.15, 0.2) is 0 Å². The zero-order valence-electron chi connectivity index (χ0n) is 3.24. The van der Waals surface area contributed by atoms with Gasteiger partial charge in [-0.05, 0) is 0 Å². The van der Waals surface area contributed by atoms with Crippen molar-refractivity contribution in [3.05, 3.63) is 0 Å². The molecule has 0 saturated carbocycles. The van der Waals surface area contributed by atoms with Gasteiger partial charge >= 0.3 is 0 Å². The molecule has 0 aromatic rings. The Bertz CT molecular complexity index is 13.5. The minimum absolute atomic E-state index is 0. The van der Waals surface area contributed by atoms with Crippen molar-refractivity contribution in [2.24, 2.45) is 0 Å². The second-order valence-corrected chi connectivity index (χ2v) is 0. The standard InChI is InChI=1S/2La.Mn.H2O.Pb.Sr/h;;;1H2;;. The van der Waals surface area contributed by atoms with Gasteiger partial charge in [-0.1, -0.05) is 0 Å². The second kappa shape index (κ2) is 31.8. The Labute approximate surface area is 161 Å². The molecule has 0 aliphatic carbocycles. The van der Waals surface area contributed by atoms with Crippen molar-refractivity contribution >= 4 is 72.8 Å². The van der Waals surface area contributed by atoms with Crippen LogP contribution in [-0.4, -0.2) is 78.3 Å². The monoisotopic (exact) mass is 647 g/mol. The van der Waals surface area contributed by atoms with Gasteiger partial charge in [0.05, 0.1) is 0 Å². The Morgan fingerprint density at radius 3 is 0.833 bits per heavy atom. The van der Waals surface area contributed by atoms with Crippen LogP contribution in [0, 0.1) is 71.2 Å². The number of rotatable bonds is 0. The Morgan fingerprint density at radius 2 is 0.833 bits per heavy atom. The number of hydrogen-bond acceptors (Lipinski definition) is 0. The first-order valence-electron chi connectivity index (χ1n) is 0. The van der Waals surface area contributed by atoms with E-state index in [-0.39, 0.29) is 167 Å². The van der Waals surface area contributed by atoms with E-state index in [1.807, 2.05) is 0 Å². The maximum atomic E-state index is 0. The van der Waals surface area contributed by atoms with E-state index in [1.54, 1.807) is 0 Å². The molecule has 0 aliphatic heterocycles. The molecule has 0 bridgehead atoms. The quantitative estimate of drug-likeness (QED) is 0.285. The fraction of sp³-hybridized carbons (Fsp3) is 0. The van der Waals surface area contributed by atoms with Gasteiger partial charge in [-0.15, -0.1) is 0 Å². The molecule has 0 saturated heterocycles. The predicted molar refractivity (Wildman–Crippen MR) is 15.1 cm³/mol. The zero-order chi connectivity index (χ0) is 0. The third-order valence-electron chi connectivity index (χ3n) is 0. The molecule has 0 aliphatic rings. The van der Waals surface area contributed by atoms with Gasteiger partial charge < -0.3 is 5.48 Å². The van der Waals surface area contributed by atoms with Crippen molar-refractivity contribution < 1.29 is 93.7 Å². The molecule has 0 fully saturated rings. The molecule has 6 heteroatoms. The van der Waals surface area contributed by atoms with Gasteiger partial charge in [0, 0.05) is 161 Å². The summed E-state index contributed by atoms with van der Waals surface area (Å²) < 4.78 is 0. The van der Waals surface area contributed by atoms with E-state index in [0.29, 0.717) is 0 Å². The van der Waals surface area contributed by atoms with Crippen molar-refractivity contribution in [3.8, 4) is 0 Å². The Kier molecular flexibility index (Phi) is 227. The van der Waals surface area contributed by atoms with E-state index < -0.39 is 0 Å².